The Morgan fingerprint density at radius 2 is 2.07 bits per heavy atom. The first-order valence-corrected chi connectivity index (χ1v) is 9.64. The van der Waals surface area contributed by atoms with Gasteiger partial charge < -0.3 is 26.2 Å². The molecule has 3 amide bonds. The molecule has 0 aliphatic carbocycles. The van der Waals surface area contributed by atoms with Crippen LogP contribution in [0.5, 0.6) is 0 Å². The van der Waals surface area contributed by atoms with E-state index in [-0.39, 0.29) is 11.9 Å². The van der Waals surface area contributed by atoms with Crippen molar-refractivity contribution in [3.05, 3.63) is 59.2 Å². The molecular weight excluding hydrogens is 373 g/mol. The molecule has 1 aromatic rings. The number of carbonyl (C=O) groups excluding carboxylic acids is 2. The van der Waals surface area contributed by atoms with E-state index in [1.807, 2.05) is 13.8 Å². The van der Waals surface area contributed by atoms with Gasteiger partial charge in [-0.15, -0.1) is 0 Å². The second kappa shape index (κ2) is 8.91. The molecule has 0 atom stereocenters. The molecule has 0 saturated carbocycles. The predicted molar refractivity (Wildman–Crippen MR) is 111 cm³/mol. The first-order valence-electron chi connectivity index (χ1n) is 9.64. The van der Waals surface area contributed by atoms with E-state index in [2.05, 4.69) is 27.8 Å². The summed E-state index contributed by atoms with van der Waals surface area (Å²) in [6, 6.07) is 3.98. The lowest BCUT2D eigenvalue weighted by Crippen LogP contribution is -2.50. The number of hydrogen-bond donors (Lipinski definition) is 4. The fourth-order valence-corrected chi connectivity index (χ4v) is 3.26. The van der Waals surface area contributed by atoms with Gasteiger partial charge >= 0.3 is 6.03 Å². The Bertz CT molecular complexity index is 900. The standard InChI is InChI=1S/C21H26FN5O2/c1-4-24-19(12-17-16-11-15(22)5-6-18(16)26-20(17)28)13(2)14(3)25-21(29)27-9-7-23-8-10-27/h5-6,11-12,23-24H,3-4,7-10H2,1-2H3,(H,25,29)(H,26,28)/b17-12-,19-13-. The van der Waals surface area contributed by atoms with Gasteiger partial charge in [0.1, 0.15) is 5.82 Å². The SMILES string of the molecule is C=C(NC(=O)N1CCNCC1)/C(C)=C(/C=C1\C(=O)Nc2ccc(F)cc21)NCC. The number of allylic oxidation sites excluding steroid dienone is 2. The van der Waals surface area contributed by atoms with E-state index in [1.54, 1.807) is 17.0 Å². The molecule has 7 nitrogen and oxygen atoms in total. The van der Waals surface area contributed by atoms with Crippen LogP contribution in [0.15, 0.2) is 47.8 Å². The lowest BCUT2D eigenvalue weighted by molar-refractivity contribution is -0.110. The summed E-state index contributed by atoms with van der Waals surface area (Å²) in [6.07, 6.45) is 1.67. The second-order valence-corrected chi connectivity index (χ2v) is 6.92. The number of piperazine rings is 1. The lowest BCUT2D eigenvalue weighted by atomic mass is 10.0. The second-order valence-electron chi connectivity index (χ2n) is 6.92. The van der Waals surface area contributed by atoms with Gasteiger partial charge in [0.05, 0.1) is 5.57 Å². The summed E-state index contributed by atoms with van der Waals surface area (Å²) in [5.74, 6) is -0.714. The van der Waals surface area contributed by atoms with Crippen molar-refractivity contribution in [2.24, 2.45) is 0 Å². The Kier molecular flexibility index (Phi) is 6.33. The van der Waals surface area contributed by atoms with Crippen LogP contribution >= 0.6 is 0 Å². The highest BCUT2D eigenvalue weighted by Crippen LogP contribution is 2.33. The minimum absolute atomic E-state index is 0.203. The fourth-order valence-electron chi connectivity index (χ4n) is 3.26. The zero-order valence-corrected chi connectivity index (χ0v) is 16.7. The molecule has 0 bridgehead atoms. The Morgan fingerprint density at radius 3 is 2.76 bits per heavy atom. The Balaban J connectivity index is 1.86. The summed E-state index contributed by atoms with van der Waals surface area (Å²) in [5.41, 5.74) is 3.21. The van der Waals surface area contributed by atoms with Crippen LogP contribution in [0.1, 0.15) is 19.4 Å². The normalized spacial score (nSPS) is 18.1. The number of halogens is 1. The number of benzene rings is 1. The summed E-state index contributed by atoms with van der Waals surface area (Å²) in [5, 5.41) is 12.0. The molecule has 1 aromatic carbocycles. The maximum absolute atomic E-state index is 13.7. The molecule has 2 aliphatic heterocycles. The van der Waals surface area contributed by atoms with Gasteiger partial charge in [0.25, 0.3) is 5.91 Å². The molecule has 0 aromatic heterocycles. The van der Waals surface area contributed by atoms with Crippen molar-refractivity contribution in [2.45, 2.75) is 13.8 Å². The number of urea groups is 1. The van der Waals surface area contributed by atoms with Gasteiger partial charge in [-0.2, -0.15) is 0 Å². The number of hydrogen-bond acceptors (Lipinski definition) is 4. The van der Waals surface area contributed by atoms with E-state index in [4.69, 9.17) is 0 Å². The van der Waals surface area contributed by atoms with Crippen molar-refractivity contribution in [3.63, 3.8) is 0 Å². The molecular formula is C21H26FN5O2. The van der Waals surface area contributed by atoms with Crippen molar-refractivity contribution in [1.82, 2.24) is 20.9 Å². The minimum Gasteiger partial charge on any atom is -0.385 e. The monoisotopic (exact) mass is 399 g/mol. The number of carbonyl (C=O) groups is 2. The van der Waals surface area contributed by atoms with Crippen LogP contribution in [0.2, 0.25) is 0 Å². The van der Waals surface area contributed by atoms with Crippen molar-refractivity contribution in [1.29, 1.82) is 0 Å². The zero-order valence-electron chi connectivity index (χ0n) is 16.7. The van der Waals surface area contributed by atoms with Crippen LogP contribution in [0.3, 0.4) is 0 Å². The summed E-state index contributed by atoms with van der Waals surface area (Å²) < 4.78 is 13.7. The maximum Gasteiger partial charge on any atom is 0.321 e. The largest absolute Gasteiger partial charge is 0.385 e. The van der Waals surface area contributed by atoms with E-state index in [0.717, 1.165) is 13.1 Å². The molecule has 0 spiro atoms. The highest BCUT2D eigenvalue weighted by molar-refractivity contribution is 6.31. The molecule has 3 rings (SSSR count). The zero-order chi connectivity index (χ0) is 21.0. The molecule has 8 heteroatoms. The summed E-state index contributed by atoms with van der Waals surface area (Å²) in [6.45, 7) is 11.1. The van der Waals surface area contributed by atoms with Crippen LogP contribution in [0.25, 0.3) is 5.57 Å². The molecule has 2 heterocycles. The molecule has 4 N–H and O–H groups in total. The van der Waals surface area contributed by atoms with E-state index >= 15 is 0 Å². The third kappa shape index (κ3) is 4.65. The number of likely N-dealkylation sites (N-methyl/N-ethyl adjacent to an activating group) is 1. The average molecular weight is 399 g/mol. The van der Waals surface area contributed by atoms with Crippen molar-refractivity contribution < 1.29 is 14.0 Å². The number of rotatable bonds is 5. The molecule has 154 valence electrons. The molecule has 2 aliphatic rings. The van der Waals surface area contributed by atoms with Crippen LogP contribution in [0.4, 0.5) is 14.9 Å². The quantitative estimate of drug-likeness (QED) is 0.452. The molecule has 29 heavy (non-hydrogen) atoms. The molecule has 1 fully saturated rings. The van der Waals surface area contributed by atoms with Gasteiger partial charge in [0, 0.05) is 55.4 Å². The topological polar surface area (TPSA) is 85.5 Å². The lowest BCUT2D eigenvalue weighted by Gasteiger charge is -2.28. The van der Waals surface area contributed by atoms with Crippen molar-refractivity contribution in [3.8, 4) is 0 Å². The van der Waals surface area contributed by atoms with Gasteiger partial charge in [0.2, 0.25) is 0 Å². The van der Waals surface area contributed by atoms with E-state index in [1.165, 1.54) is 12.1 Å². The smallest absolute Gasteiger partial charge is 0.321 e. The van der Waals surface area contributed by atoms with E-state index in [0.29, 0.717) is 53.4 Å². The highest BCUT2D eigenvalue weighted by atomic mass is 19.1. The van der Waals surface area contributed by atoms with Gasteiger partial charge in [-0.25, -0.2) is 9.18 Å². The Labute approximate surface area is 169 Å². The number of nitrogens with one attached hydrogen (secondary N) is 4. The van der Waals surface area contributed by atoms with Gasteiger partial charge in [-0.3, -0.25) is 4.79 Å². The summed E-state index contributed by atoms with van der Waals surface area (Å²) in [4.78, 5) is 26.6. The summed E-state index contributed by atoms with van der Waals surface area (Å²) in [7, 11) is 0. The van der Waals surface area contributed by atoms with E-state index < -0.39 is 5.82 Å². The Morgan fingerprint density at radius 1 is 1.34 bits per heavy atom. The van der Waals surface area contributed by atoms with Gasteiger partial charge in [-0.05, 0) is 43.7 Å². The van der Waals surface area contributed by atoms with Crippen LogP contribution in [0, 0.1) is 5.82 Å². The minimum atomic E-state index is -0.412. The number of nitrogens with zero attached hydrogens (tertiary/aromatic N) is 1. The number of amides is 3. The Hall–Kier alpha value is -3.13. The number of fused-ring (bicyclic) bond motifs is 1. The molecule has 0 unspecified atom stereocenters. The van der Waals surface area contributed by atoms with Crippen LogP contribution in [-0.2, 0) is 4.79 Å². The van der Waals surface area contributed by atoms with E-state index in [9.17, 15) is 14.0 Å². The van der Waals surface area contributed by atoms with Crippen LogP contribution < -0.4 is 21.3 Å². The molecule has 1 saturated heterocycles. The first-order chi connectivity index (χ1) is 13.9. The first kappa shape index (κ1) is 20.6. The fraction of sp³-hybridized carbons (Fsp3) is 0.333. The summed E-state index contributed by atoms with van der Waals surface area (Å²) >= 11 is 0. The average Bonchev–Trinajstić information content (AvgIpc) is 3.02. The number of anilines is 1. The van der Waals surface area contributed by atoms with Crippen molar-refractivity contribution in [2.75, 3.05) is 38.0 Å². The maximum atomic E-state index is 13.7. The third-order valence-electron chi connectivity index (χ3n) is 4.94. The van der Waals surface area contributed by atoms with Crippen molar-refractivity contribution >= 4 is 23.2 Å². The third-order valence-corrected chi connectivity index (χ3v) is 4.94. The van der Waals surface area contributed by atoms with Crippen LogP contribution in [-0.4, -0.2) is 49.6 Å². The predicted octanol–water partition coefficient (Wildman–Crippen LogP) is 2.17. The van der Waals surface area contributed by atoms with Gasteiger partial charge in [0.15, 0.2) is 0 Å². The van der Waals surface area contributed by atoms with Gasteiger partial charge in [-0.1, -0.05) is 6.58 Å². The highest BCUT2D eigenvalue weighted by Gasteiger charge is 2.25. The molecule has 0 radical (unpaired) electrons.